The maximum Gasteiger partial charge on any atom is 0.259 e. The predicted molar refractivity (Wildman–Crippen MR) is 126 cm³/mol. The van der Waals surface area contributed by atoms with E-state index in [1.165, 1.54) is 0 Å². The molecule has 6 heteroatoms. The van der Waals surface area contributed by atoms with Crippen molar-refractivity contribution in [3.63, 3.8) is 0 Å². The SMILES string of the molecule is CCn1ccc(-c2ccc3c(c2)c2cc(-c4ccc(Br)cc4)c(=O)n(C)c2n3C)n1. The van der Waals surface area contributed by atoms with Crippen molar-refractivity contribution < 1.29 is 0 Å². The Morgan fingerprint density at radius 2 is 1.63 bits per heavy atom. The Bertz CT molecular complexity index is 1470. The second kappa shape index (κ2) is 6.99. The summed E-state index contributed by atoms with van der Waals surface area (Å²) >= 11 is 3.47. The second-order valence-electron chi connectivity index (χ2n) is 7.51. The van der Waals surface area contributed by atoms with Gasteiger partial charge in [-0.3, -0.25) is 14.0 Å². The Balaban J connectivity index is 1.81. The van der Waals surface area contributed by atoms with Gasteiger partial charge in [0.15, 0.2) is 0 Å². The first-order valence-electron chi connectivity index (χ1n) is 9.90. The normalized spacial score (nSPS) is 11.6. The second-order valence-corrected chi connectivity index (χ2v) is 8.43. The predicted octanol–water partition coefficient (Wildman–Crippen LogP) is 5.34. The van der Waals surface area contributed by atoms with E-state index in [0.717, 1.165) is 49.8 Å². The molecule has 0 bridgehead atoms. The molecule has 0 aliphatic carbocycles. The van der Waals surface area contributed by atoms with Gasteiger partial charge in [0.05, 0.1) is 11.2 Å². The Kier molecular flexibility index (Phi) is 4.40. The third-order valence-electron chi connectivity index (χ3n) is 5.76. The number of rotatable bonds is 3. The van der Waals surface area contributed by atoms with Crippen LogP contribution in [0.25, 0.3) is 44.3 Å². The molecular formula is C24H21BrN4O. The van der Waals surface area contributed by atoms with Crippen molar-refractivity contribution in [1.82, 2.24) is 18.9 Å². The number of hydrogen-bond donors (Lipinski definition) is 0. The van der Waals surface area contributed by atoms with Crippen molar-refractivity contribution in [1.29, 1.82) is 0 Å². The third kappa shape index (κ3) is 2.82. The Labute approximate surface area is 182 Å². The molecule has 5 nitrogen and oxygen atoms in total. The van der Waals surface area contributed by atoms with Gasteiger partial charge in [0.1, 0.15) is 5.65 Å². The van der Waals surface area contributed by atoms with Crippen LogP contribution in [0, 0.1) is 0 Å². The number of halogens is 1. The first kappa shape index (κ1) is 18.9. The number of aromatic nitrogens is 4. The van der Waals surface area contributed by atoms with Crippen molar-refractivity contribution in [2.75, 3.05) is 0 Å². The zero-order valence-corrected chi connectivity index (χ0v) is 18.6. The summed E-state index contributed by atoms with van der Waals surface area (Å²) in [6.45, 7) is 2.92. The molecule has 2 aromatic carbocycles. The summed E-state index contributed by atoms with van der Waals surface area (Å²) in [6, 6.07) is 18.3. The highest BCUT2D eigenvalue weighted by atomic mass is 79.9. The molecule has 0 unspecified atom stereocenters. The minimum absolute atomic E-state index is 0.00218. The highest BCUT2D eigenvalue weighted by Gasteiger charge is 2.16. The zero-order valence-electron chi connectivity index (χ0n) is 17.1. The van der Waals surface area contributed by atoms with Crippen LogP contribution in [0.5, 0.6) is 0 Å². The summed E-state index contributed by atoms with van der Waals surface area (Å²) < 4.78 is 6.76. The lowest BCUT2D eigenvalue weighted by Crippen LogP contribution is -2.20. The first-order valence-corrected chi connectivity index (χ1v) is 10.7. The molecule has 0 fully saturated rings. The van der Waals surface area contributed by atoms with E-state index in [2.05, 4.69) is 50.7 Å². The van der Waals surface area contributed by atoms with Crippen molar-refractivity contribution in [2.45, 2.75) is 13.5 Å². The summed E-state index contributed by atoms with van der Waals surface area (Å²) in [5.74, 6) is 0. The zero-order chi connectivity index (χ0) is 21.0. The molecule has 0 spiro atoms. The molecule has 0 saturated carbocycles. The maximum atomic E-state index is 13.1. The summed E-state index contributed by atoms with van der Waals surface area (Å²) in [6.07, 6.45) is 2.00. The van der Waals surface area contributed by atoms with E-state index < -0.39 is 0 Å². The molecule has 30 heavy (non-hydrogen) atoms. The lowest BCUT2D eigenvalue weighted by molar-refractivity contribution is 0.662. The summed E-state index contributed by atoms with van der Waals surface area (Å²) in [5, 5.41) is 6.82. The van der Waals surface area contributed by atoms with Gasteiger partial charge in [0.25, 0.3) is 5.56 Å². The van der Waals surface area contributed by atoms with Crippen molar-refractivity contribution >= 4 is 37.9 Å². The fourth-order valence-corrected chi connectivity index (χ4v) is 4.44. The van der Waals surface area contributed by atoms with Gasteiger partial charge in [-0.1, -0.05) is 34.1 Å². The van der Waals surface area contributed by atoms with Gasteiger partial charge in [-0.2, -0.15) is 5.10 Å². The number of pyridine rings is 1. The molecule has 0 radical (unpaired) electrons. The van der Waals surface area contributed by atoms with Crippen LogP contribution >= 0.6 is 15.9 Å². The van der Waals surface area contributed by atoms with Gasteiger partial charge < -0.3 is 4.57 Å². The third-order valence-corrected chi connectivity index (χ3v) is 6.29. The summed E-state index contributed by atoms with van der Waals surface area (Å²) in [5.41, 5.74) is 5.63. The van der Waals surface area contributed by atoms with Crippen LogP contribution < -0.4 is 5.56 Å². The number of hydrogen-bond acceptors (Lipinski definition) is 2. The van der Waals surface area contributed by atoms with Crippen molar-refractivity contribution in [3.8, 4) is 22.4 Å². The lowest BCUT2D eigenvalue weighted by atomic mass is 10.0. The van der Waals surface area contributed by atoms with Gasteiger partial charge in [0, 0.05) is 53.2 Å². The van der Waals surface area contributed by atoms with Crippen LogP contribution in [0.1, 0.15) is 6.92 Å². The Hall–Kier alpha value is -3.12. The van der Waals surface area contributed by atoms with Gasteiger partial charge in [0.2, 0.25) is 0 Å². The molecule has 0 N–H and O–H groups in total. The number of nitrogens with zero attached hydrogens (tertiary/aromatic N) is 4. The fraction of sp³-hybridized carbons (Fsp3) is 0.167. The molecule has 3 aromatic heterocycles. The number of benzene rings is 2. The van der Waals surface area contributed by atoms with Gasteiger partial charge >= 0.3 is 0 Å². The van der Waals surface area contributed by atoms with Crippen LogP contribution in [0.2, 0.25) is 0 Å². The van der Waals surface area contributed by atoms with Crippen LogP contribution in [0.4, 0.5) is 0 Å². The smallest absolute Gasteiger partial charge is 0.259 e. The maximum absolute atomic E-state index is 13.1. The fourth-order valence-electron chi connectivity index (χ4n) is 4.18. The molecule has 0 amide bonds. The molecule has 5 aromatic rings. The quantitative estimate of drug-likeness (QED) is 0.364. The van der Waals surface area contributed by atoms with Gasteiger partial charge in [-0.25, -0.2) is 0 Å². The number of aryl methyl sites for hydroxylation is 3. The molecule has 0 aliphatic rings. The highest BCUT2D eigenvalue weighted by molar-refractivity contribution is 9.10. The average molecular weight is 461 g/mol. The summed E-state index contributed by atoms with van der Waals surface area (Å²) in [4.78, 5) is 13.1. The van der Waals surface area contributed by atoms with E-state index >= 15 is 0 Å². The highest BCUT2D eigenvalue weighted by Crippen LogP contribution is 2.33. The number of fused-ring (bicyclic) bond motifs is 3. The largest absolute Gasteiger partial charge is 0.330 e. The molecular weight excluding hydrogens is 440 g/mol. The van der Waals surface area contributed by atoms with Gasteiger partial charge in [-0.15, -0.1) is 0 Å². The molecule has 5 rings (SSSR count). The van der Waals surface area contributed by atoms with Crippen LogP contribution in [-0.4, -0.2) is 18.9 Å². The standard InChI is InChI=1S/C24H21BrN4O/c1-4-29-12-11-21(26-29)16-7-10-22-19(13-16)20-14-18(15-5-8-17(25)9-6-15)24(30)28(3)23(20)27(22)2/h5-14H,4H2,1-3H3. The van der Waals surface area contributed by atoms with Crippen molar-refractivity contribution in [3.05, 3.63) is 75.6 Å². The Morgan fingerprint density at radius 1 is 0.900 bits per heavy atom. The monoisotopic (exact) mass is 460 g/mol. The van der Waals surface area contributed by atoms with E-state index in [4.69, 9.17) is 0 Å². The van der Waals surface area contributed by atoms with E-state index in [9.17, 15) is 4.79 Å². The molecule has 0 saturated heterocycles. The minimum Gasteiger partial charge on any atom is -0.330 e. The van der Waals surface area contributed by atoms with E-state index in [0.29, 0.717) is 5.56 Å². The molecule has 3 heterocycles. The molecule has 0 atom stereocenters. The van der Waals surface area contributed by atoms with E-state index in [1.807, 2.05) is 61.4 Å². The van der Waals surface area contributed by atoms with Crippen LogP contribution in [0.3, 0.4) is 0 Å². The van der Waals surface area contributed by atoms with Crippen LogP contribution in [0.15, 0.2) is 70.1 Å². The topological polar surface area (TPSA) is 44.8 Å². The molecule has 150 valence electrons. The van der Waals surface area contributed by atoms with Crippen LogP contribution in [-0.2, 0) is 20.6 Å². The van der Waals surface area contributed by atoms with E-state index in [1.54, 1.807) is 4.57 Å². The van der Waals surface area contributed by atoms with E-state index in [-0.39, 0.29) is 5.56 Å². The van der Waals surface area contributed by atoms with Gasteiger partial charge in [-0.05, 0) is 48.9 Å². The lowest BCUT2D eigenvalue weighted by Gasteiger charge is -2.08. The minimum atomic E-state index is -0.00218. The average Bonchev–Trinajstić information content (AvgIpc) is 3.34. The first-order chi connectivity index (χ1) is 14.5. The Morgan fingerprint density at radius 3 is 2.33 bits per heavy atom. The van der Waals surface area contributed by atoms with Crippen molar-refractivity contribution in [2.24, 2.45) is 14.1 Å². The summed E-state index contributed by atoms with van der Waals surface area (Å²) in [7, 11) is 3.85. The molecule has 0 aliphatic heterocycles.